The van der Waals surface area contributed by atoms with Crippen LogP contribution in [0.3, 0.4) is 0 Å². The predicted molar refractivity (Wildman–Crippen MR) is 109 cm³/mol. The van der Waals surface area contributed by atoms with Gasteiger partial charge in [-0.1, -0.05) is 42.5 Å². The Hall–Kier alpha value is -3.81. The van der Waals surface area contributed by atoms with Gasteiger partial charge in [-0.2, -0.15) is 0 Å². The summed E-state index contributed by atoms with van der Waals surface area (Å²) in [7, 11) is 2.86. The molecular weight excluding hydrogens is 386 g/mol. The molecule has 1 amide bonds. The highest BCUT2D eigenvalue weighted by molar-refractivity contribution is 5.81. The Kier molecular flexibility index (Phi) is 7.05. The van der Waals surface area contributed by atoms with Crippen LogP contribution in [0.4, 0.5) is 4.79 Å². The summed E-state index contributed by atoms with van der Waals surface area (Å²) in [5, 5.41) is 2.55. The van der Waals surface area contributed by atoms with Crippen LogP contribution >= 0.6 is 0 Å². The topological polar surface area (TPSA) is 91.7 Å². The maximum atomic E-state index is 12.2. The number of methoxy groups -OCH3 is 2. The van der Waals surface area contributed by atoms with E-state index in [1.807, 2.05) is 54.6 Å². The number of nitrogens with one attached hydrogen (secondary N) is 1. The van der Waals surface area contributed by atoms with Crippen LogP contribution in [0.15, 0.2) is 67.1 Å². The van der Waals surface area contributed by atoms with Gasteiger partial charge in [-0.3, -0.25) is 0 Å². The molecular formula is C22H23N3O5. The number of esters is 1. The molecule has 0 bridgehead atoms. The zero-order chi connectivity index (χ0) is 21.3. The molecule has 30 heavy (non-hydrogen) atoms. The van der Waals surface area contributed by atoms with E-state index in [2.05, 4.69) is 10.3 Å². The summed E-state index contributed by atoms with van der Waals surface area (Å²) in [5.41, 5.74) is 2.25. The SMILES string of the molecule is COC(=O)[C@H](Cc1cn(-c2ccccc2OC)cn1)NC(=O)OCc1ccccc1. The van der Waals surface area contributed by atoms with E-state index < -0.39 is 18.1 Å². The Labute approximate surface area is 174 Å². The lowest BCUT2D eigenvalue weighted by molar-refractivity contribution is -0.143. The number of alkyl carbamates (subject to hydrolysis) is 1. The largest absolute Gasteiger partial charge is 0.495 e. The number of hydrogen-bond acceptors (Lipinski definition) is 6. The van der Waals surface area contributed by atoms with E-state index in [4.69, 9.17) is 14.2 Å². The second kappa shape index (κ2) is 10.1. The van der Waals surface area contributed by atoms with Gasteiger partial charge in [0.15, 0.2) is 0 Å². The fraction of sp³-hybridized carbons (Fsp3) is 0.227. The number of rotatable bonds is 8. The number of carbonyl (C=O) groups excluding carboxylic acids is 2. The number of nitrogens with zero attached hydrogens (tertiary/aromatic N) is 2. The lowest BCUT2D eigenvalue weighted by atomic mass is 10.1. The van der Waals surface area contributed by atoms with Crippen molar-refractivity contribution in [1.82, 2.24) is 14.9 Å². The molecule has 0 saturated carbocycles. The summed E-state index contributed by atoms with van der Waals surface area (Å²) in [6, 6.07) is 15.8. The molecule has 3 rings (SSSR count). The van der Waals surface area contributed by atoms with Crippen LogP contribution in [-0.4, -0.2) is 41.9 Å². The Morgan fingerprint density at radius 1 is 1.07 bits per heavy atom. The number of ether oxygens (including phenoxy) is 3. The maximum Gasteiger partial charge on any atom is 0.408 e. The van der Waals surface area contributed by atoms with Gasteiger partial charge < -0.3 is 24.1 Å². The third kappa shape index (κ3) is 5.38. The smallest absolute Gasteiger partial charge is 0.408 e. The average Bonchev–Trinajstić information content (AvgIpc) is 3.25. The van der Waals surface area contributed by atoms with E-state index in [1.54, 1.807) is 24.2 Å². The quantitative estimate of drug-likeness (QED) is 0.575. The molecule has 156 valence electrons. The highest BCUT2D eigenvalue weighted by Gasteiger charge is 2.24. The van der Waals surface area contributed by atoms with Gasteiger partial charge in [-0.15, -0.1) is 0 Å². The number of carbonyl (C=O) groups is 2. The predicted octanol–water partition coefficient (Wildman–Crippen LogP) is 2.89. The first kappa shape index (κ1) is 20.9. The van der Waals surface area contributed by atoms with E-state index in [1.165, 1.54) is 7.11 Å². The van der Waals surface area contributed by atoms with Gasteiger partial charge in [-0.25, -0.2) is 14.6 Å². The Morgan fingerprint density at radius 2 is 1.80 bits per heavy atom. The lowest BCUT2D eigenvalue weighted by Crippen LogP contribution is -2.43. The number of hydrogen-bond donors (Lipinski definition) is 1. The van der Waals surface area contributed by atoms with E-state index >= 15 is 0 Å². The highest BCUT2D eigenvalue weighted by Crippen LogP contribution is 2.22. The van der Waals surface area contributed by atoms with Crippen LogP contribution in [0, 0.1) is 0 Å². The van der Waals surface area contributed by atoms with E-state index in [0.29, 0.717) is 11.4 Å². The first-order valence-corrected chi connectivity index (χ1v) is 9.32. The molecule has 1 aromatic heterocycles. The molecule has 0 aliphatic carbocycles. The molecule has 0 radical (unpaired) electrons. The van der Waals surface area contributed by atoms with Gasteiger partial charge in [0.25, 0.3) is 0 Å². The molecule has 8 heteroatoms. The first-order valence-electron chi connectivity index (χ1n) is 9.32. The summed E-state index contributed by atoms with van der Waals surface area (Å²) < 4.78 is 17.2. The van der Waals surface area contributed by atoms with Crippen molar-refractivity contribution in [3.05, 3.63) is 78.4 Å². The number of aromatic nitrogens is 2. The third-order valence-corrected chi connectivity index (χ3v) is 4.40. The van der Waals surface area contributed by atoms with E-state index in [0.717, 1.165) is 11.3 Å². The van der Waals surface area contributed by atoms with Crippen molar-refractivity contribution in [2.75, 3.05) is 14.2 Å². The van der Waals surface area contributed by atoms with Crippen molar-refractivity contribution in [3.63, 3.8) is 0 Å². The Morgan fingerprint density at radius 3 is 2.53 bits per heavy atom. The lowest BCUT2D eigenvalue weighted by Gasteiger charge is -2.15. The molecule has 0 fully saturated rings. The molecule has 2 aromatic carbocycles. The molecule has 0 unspecified atom stereocenters. The van der Waals surface area contributed by atoms with Crippen LogP contribution in [0.5, 0.6) is 5.75 Å². The van der Waals surface area contributed by atoms with Crippen LogP contribution < -0.4 is 10.1 Å². The Bertz CT molecular complexity index is 987. The van der Waals surface area contributed by atoms with Gasteiger partial charge in [0.05, 0.1) is 31.9 Å². The fourth-order valence-electron chi connectivity index (χ4n) is 2.90. The van der Waals surface area contributed by atoms with Crippen molar-refractivity contribution in [3.8, 4) is 11.4 Å². The zero-order valence-electron chi connectivity index (χ0n) is 16.8. The molecule has 3 aromatic rings. The number of para-hydroxylation sites is 2. The van der Waals surface area contributed by atoms with Gasteiger partial charge >= 0.3 is 12.1 Å². The molecule has 8 nitrogen and oxygen atoms in total. The minimum Gasteiger partial charge on any atom is -0.495 e. The second-order valence-corrected chi connectivity index (χ2v) is 6.43. The molecule has 1 atom stereocenters. The molecule has 0 aliphatic rings. The standard InChI is InChI=1S/C22H23N3O5/c1-28-20-11-7-6-10-19(20)25-13-17(23-15-25)12-18(21(26)29-2)24-22(27)30-14-16-8-4-3-5-9-16/h3-11,13,15,18H,12,14H2,1-2H3,(H,24,27)/t18-/m0/s1. The fourth-order valence-corrected chi connectivity index (χ4v) is 2.90. The van der Waals surface area contributed by atoms with Crippen molar-refractivity contribution in [1.29, 1.82) is 0 Å². The Balaban J connectivity index is 1.66. The number of amides is 1. The highest BCUT2D eigenvalue weighted by atomic mass is 16.6. The summed E-state index contributed by atoms with van der Waals surface area (Å²) in [6.07, 6.45) is 2.83. The zero-order valence-corrected chi connectivity index (χ0v) is 16.8. The first-order chi connectivity index (χ1) is 14.6. The van der Waals surface area contributed by atoms with Crippen LogP contribution in [0.25, 0.3) is 5.69 Å². The number of imidazole rings is 1. The van der Waals surface area contributed by atoms with Gasteiger partial charge in [0.2, 0.25) is 0 Å². The van der Waals surface area contributed by atoms with Crippen molar-refractivity contribution >= 4 is 12.1 Å². The third-order valence-electron chi connectivity index (χ3n) is 4.40. The normalized spacial score (nSPS) is 11.4. The molecule has 0 saturated heterocycles. The molecule has 1 N–H and O–H groups in total. The monoisotopic (exact) mass is 409 g/mol. The van der Waals surface area contributed by atoms with Crippen LogP contribution in [0.2, 0.25) is 0 Å². The van der Waals surface area contributed by atoms with E-state index in [-0.39, 0.29) is 13.0 Å². The van der Waals surface area contributed by atoms with Gasteiger partial charge in [0, 0.05) is 12.6 Å². The minimum atomic E-state index is -0.931. The summed E-state index contributed by atoms with van der Waals surface area (Å²) in [5.74, 6) is 0.104. The molecule has 1 heterocycles. The van der Waals surface area contributed by atoms with Gasteiger partial charge in [0.1, 0.15) is 18.4 Å². The summed E-state index contributed by atoms with van der Waals surface area (Å²) in [6.45, 7) is 0.100. The summed E-state index contributed by atoms with van der Waals surface area (Å²) in [4.78, 5) is 28.7. The number of benzene rings is 2. The second-order valence-electron chi connectivity index (χ2n) is 6.43. The van der Waals surface area contributed by atoms with E-state index in [9.17, 15) is 9.59 Å². The average molecular weight is 409 g/mol. The molecule has 0 spiro atoms. The van der Waals surface area contributed by atoms with Crippen molar-refractivity contribution in [2.24, 2.45) is 0 Å². The van der Waals surface area contributed by atoms with Crippen molar-refractivity contribution < 1.29 is 23.8 Å². The summed E-state index contributed by atoms with van der Waals surface area (Å²) >= 11 is 0. The minimum absolute atomic E-state index is 0.100. The van der Waals surface area contributed by atoms with Crippen LogP contribution in [-0.2, 0) is 27.3 Å². The molecule has 0 aliphatic heterocycles. The van der Waals surface area contributed by atoms with Crippen molar-refractivity contribution in [2.45, 2.75) is 19.1 Å². The maximum absolute atomic E-state index is 12.2. The van der Waals surface area contributed by atoms with Crippen LogP contribution in [0.1, 0.15) is 11.3 Å². The van der Waals surface area contributed by atoms with Gasteiger partial charge in [-0.05, 0) is 17.7 Å².